The fourth-order valence-electron chi connectivity index (χ4n) is 4.87. The van der Waals surface area contributed by atoms with Gasteiger partial charge in [-0.2, -0.15) is 0 Å². The first-order valence-corrected chi connectivity index (χ1v) is 8.54. The molecule has 2 aliphatic carbocycles. The number of likely N-dealkylation sites (tertiary alicyclic amines) is 1. The zero-order chi connectivity index (χ0) is 15.8. The van der Waals surface area contributed by atoms with E-state index in [1.807, 2.05) is 12.1 Å². The van der Waals surface area contributed by atoms with Gasteiger partial charge in [0.1, 0.15) is 5.75 Å². The molecular weight excluding hydrogens is 274 g/mol. The van der Waals surface area contributed by atoms with Crippen LogP contribution < -0.4 is 0 Å². The van der Waals surface area contributed by atoms with E-state index in [4.69, 9.17) is 0 Å². The lowest BCUT2D eigenvalue weighted by molar-refractivity contribution is -0.0583. The number of nitrogens with zero attached hydrogens (tertiary/aromatic N) is 1. The van der Waals surface area contributed by atoms with E-state index in [0.29, 0.717) is 11.8 Å². The molecular formula is C19H27NO2. The van der Waals surface area contributed by atoms with Gasteiger partial charge in [-0.15, -0.1) is 0 Å². The van der Waals surface area contributed by atoms with E-state index in [1.165, 1.54) is 11.1 Å². The lowest BCUT2D eigenvalue weighted by Gasteiger charge is -2.61. The van der Waals surface area contributed by atoms with Gasteiger partial charge >= 0.3 is 0 Å². The molecule has 1 aromatic carbocycles. The largest absolute Gasteiger partial charge is 0.508 e. The highest BCUT2D eigenvalue weighted by Crippen LogP contribution is 2.57. The van der Waals surface area contributed by atoms with E-state index in [9.17, 15) is 10.2 Å². The fraction of sp³-hybridized carbons (Fsp3) is 0.684. The molecule has 2 fully saturated rings. The smallest absolute Gasteiger partial charge is 0.115 e. The van der Waals surface area contributed by atoms with Gasteiger partial charge in [-0.25, -0.2) is 0 Å². The highest BCUT2D eigenvalue weighted by Gasteiger charge is 2.57. The van der Waals surface area contributed by atoms with Crippen molar-refractivity contribution in [1.29, 1.82) is 0 Å². The van der Waals surface area contributed by atoms with Gasteiger partial charge in [-0.1, -0.05) is 26.8 Å². The molecule has 1 heterocycles. The molecule has 0 aromatic heterocycles. The third kappa shape index (κ3) is 1.88. The summed E-state index contributed by atoms with van der Waals surface area (Å²) in [5, 5.41) is 20.3. The molecule has 0 spiro atoms. The number of benzene rings is 1. The summed E-state index contributed by atoms with van der Waals surface area (Å²) in [5.41, 5.74) is 2.51. The molecule has 1 saturated carbocycles. The third-order valence-corrected chi connectivity index (χ3v) is 7.02. The first-order chi connectivity index (χ1) is 10.3. The van der Waals surface area contributed by atoms with Crippen LogP contribution in [0.1, 0.15) is 51.2 Å². The Bertz CT molecular complexity index is 620. The number of β-amino-alcohol motifs (C(OH)–C–C–N with tert-alkyl or cyclic N) is 1. The van der Waals surface area contributed by atoms with Crippen molar-refractivity contribution in [3.8, 4) is 5.75 Å². The number of rotatable bonds is 2. The SMILES string of the molecule is CC12CCN(CC3(O)CC3)C(Cc3ccc(O)cc31)C2(C)C. The van der Waals surface area contributed by atoms with Crippen molar-refractivity contribution in [1.82, 2.24) is 4.90 Å². The van der Waals surface area contributed by atoms with E-state index in [0.717, 1.165) is 38.8 Å². The minimum Gasteiger partial charge on any atom is -0.508 e. The Morgan fingerprint density at radius 3 is 2.59 bits per heavy atom. The maximum Gasteiger partial charge on any atom is 0.115 e. The maximum absolute atomic E-state index is 10.4. The molecule has 4 rings (SSSR count). The van der Waals surface area contributed by atoms with E-state index in [1.54, 1.807) is 0 Å². The molecule has 3 aliphatic rings. The summed E-state index contributed by atoms with van der Waals surface area (Å²) < 4.78 is 0. The van der Waals surface area contributed by atoms with Gasteiger partial charge in [0, 0.05) is 18.0 Å². The topological polar surface area (TPSA) is 43.7 Å². The molecule has 2 unspecified atom stereocenters. The van der Waals surface area contributed by atoms with Crippen LogP contribution >= 0.6 is 0 Å². The molecule has 120 valence electrons. The summed E-state index contributed by atoms with van der Waals surface area (Å²) in [7, 11) is 0. The summed E-state index contributed by atoms with van der Waals surface area (Å²) in [5.74, 6) is 0.379. The Hall–Kier alpha value is -1.06. The van der Waals surface area contributed by atoms with Gasteiger partial charge in [0.15, 0.2) is 0 Å². The minimum absolute atomic E-state index is 0.0899. The second kappa shape index (κ2) is 4.27. The Morgan fingerprint density at radius 1 is 1.18 bits per heavy atom. The number of phenolic OH excluding ortho intramolecular Hbond substituents is 1. The molecule has 2 N–H and O–H groups in total. The molecule has 3 heteroatoms. The summed E-state index contributed by atoms with van der Waals surface area (Å²) in [4.78, 5) is 2.53. The average molecular weight is 301 g/mol. The molecule has 2 atom stereocenters. The summed E-state index contributed by atoms with van der Waals surface area (Å²) in [6, 6.07) is 6.36. The molecule has 0 amide bonds. The number of phenols is 1. The van der Waals surface area contributed by atoms with Gasteiger partial charge in [-0.05, 0) is 60.9 Å². The van der Waals surface area contributed by atoms with Gasteiger partial charge in [0.2, 0.25) is 0 Å². The van der Waals surface area contributed by atoms with Crippen molar-refractivity contribution >= 4 is 0 Å². The average Bonchev–Trinajstić information content (AvgIpc) is 3.16. The van der Waals surface area contributed by atoms with Crippen molar-refractivity contribution in [2.75, 3.05) is 13.1 Å². The third-order valence-electron chi connectivity index (χ3n) is 7.02. The van der Waals surface area contributed by atoms with Gasteiger partial charge in [0.05, 0.1) is 5.60 Å². The van der Waals surface area contributed by atoms with Crippen molar-refractivity contribution in [2.24, 2.45) is 5.41 Å². The van der Waals surface area contributed by atoms with Crippen LogP contribution in [0.3, 0.4) is 0 Å². The number of hydrogen-bond donors (Lipinski definition) is 2. The van der Waals surface area contributed by atoms with Crippen LogP contribution in [0.2, 0.25) is 0 Å². The second-order valence-electron chi connectivity index (χ2n) is 8.56. The zero-order valence-corrected chi connectivity index (χ0v) is 13.9. The van der Waals surface area contributed by atoms with Crippen molar-refractivity contribution in [3.05, 3.63) is 29.3 Å². The Balaban J connectivity index is 1.76. The van der Waals surface area contributed by atoms with Crippen LogP contribution in [0, 0.1) is 5.41 Å². The van der Waals surface area contributed by atoms with Crippen LogP contribution in [-0.2, 0) is 11.8 Å². The van der Waals surface area contributed by atoms with E-state index in [-0.39, 0.29) is 10.8 Å². The van der Waals surface area contributed by atoms with Crippen LogP contribution in [-0.4, -0.2) is 39.8 Å². The lowest BCUT2D eigenvalue weighted by Crippen LogP contribution is -2.64. The van der Waals surface area contributed by atoms with E-state index >= 15 is 0 Å². The summed E-state index contributed by atoms with van der Waals surface area (Å²) >= 11 is 0. The van der Waals surface area contributed by atoms with Crippen LogP contribution in [0.4, 0.5) is 0 Å². The predicted molar refractivity (Wildman–Crippen MR) is 87.1 cm³/mol. The Morgan fingerprint density at radius 2 is 1.91 bits per heavy atom. The second-order valence-corrected chi connectivity index (χ2v) is 8.56. The lowest BCUT2D eigenvalue weighted by atomic mass is 9.51. The number of aliphatic hydroxyl groups is 1. The first kappa shape index (κ1) is 14.5. The summed E-state index contributed by atoms with van der Waals surface area (Å²) in [6.07, 6.45) is 4.02. The molecule has 1 aromatic rings. The number of fused-ring (bicyclic) bond motifs is 4. The molecule has 2 bridgehead atoms. The Labute approximate surface area is 133 Å². The number of hydrogen-bond acceptors (Lipinski definition) is 3. The van der Waals surface area contributed by atoms with Crippen LogP contribution in [0.25, 0.3) is 0 Å². The first-order valence-electron chi connectivity index (χ1n) is 8.54. The predicted octanol–water partition coefficient (Wildman–Crippen LogP) is 2.83. The molecule has 3 nitrogen and oxygen atoms in total. The number of aromatic hydroxyl groups is 1. The maximum atomic E-state index is 10.4. The monoisotopic (exact) mass is 301 g/mol. The normalized spacial score (nSPS) is 35.0. The standard InChI is InChI=1S/C19H27NO2/c1-17(2)16-10-13-4-5-14(21)11-15(13)18(17,3)8-9-20(16)12-19(22)6-7-19/h4-5,11,16,21-22H,6-10,12H2,1-3H3. The van der Waals surface area contributed by atoms with E-state index < -0.39 is 5.60 Å². The molecule has 22 heavy (non-hydrogen) atoms. The van der Waals surface area contributed by atoms with Crippen LogP contribution in [0.15, 0.2) is 18.2 Å². The summed E-state index contributed by atoms with van der Waals surface area (Å²) in [6.45, 7) is 8.97. The van der Waals surface area contributed by atoms with Gasteiger partial charge in [-0.3, -0.25) is 4.90 Å². The molecule has 0 radical (unpaired) electrons. The zero-order valence-electron chi connectivity index (χ0n) is 13.9. The van der Waals surface area contributed by atoms with Crippen molar-refractivity contribution < 1.29 is 10.2 Å². The highest BCUT2D eigenvalue weighted by molar-refractivity contribution is 5.45. The van der Waals surface area contributed by atoms with Crippen molar-refractivity contribution in [2.45, 2.75) is 63.5 Å². The van der Waals surface area contributed by atoms with E-state index in [2.05, 4.69) is 31.7 Å². The Kier molecular flexibility index (Phi) is 2.82. The van der Waals surface area contributed by atoms with Crippen LogP contribution in [0.5, 0.6) is 5.75 Å². The fourth-order valence-corrected chi connectivity index (χ4v) is 4.87. The minimum atomic E-state index is -0.418. The number of piperidine rings is 1. The molecule has 1 aliphatic heterocycles. The van der Waals surface area contributed by atoms with Crippen molar-refractivity contribution in [3.63, 3.8) is 0 Å². The highest BCUT2D eigenvalue weighted by atomic mass is 16.3. The van der Waals surface area contributed by atoms with Gasteiger partial charge < -0.3 is 10.2 Å². The van der Waals surface area contributed by atoms with Gasteiger partial charge in [0.25, 0.3) is 0 Å². The quantitative estimate of drug-likeness (QED) is 0.883. The molecule has 1 saturated heterocycles.